The van der Waals surface area contributed by atoms with E-state index < -0.39 is 12.0 Å². The summed E-state index contributed by atoms with van der Waals surface area (Å²) in [5.41, 5.74) is 0.397. The Balaban J connectivity index is 2.99. The predicted molar refractivity (Wildman–Crippen MR) is 73.0 cm³/mol. The highest BCUT2D eigenvalue weighted by Gasteiger charge is 2.25. The van der Waals surface area contributed by atoms with Gasteiger partial charge >= 0.3 is 5.97 Å². The van der Waals surface area contributed by atoms with E-state index in [1.807, 2.05) is 0 Å². The largest absolute Gasteiger partial charge is 0.480 e. The minimum Gasteiger partial charge on any atom is -0.480 e. The van der Waals surface area contributed by atoms with Crippen LogP contribution < -0.4 is 0 Å². The summed E-state index contributed by atoms with van der Waals surface area (Å²) in [6.45, 7) is 1.72. The van der Waals surface area contributed by atoms with Gasteiger partial charge in [-0.3, -0.25) is 4.79 Å². The van der Waals surface area contributed by atoms with Gasteiger partial charge in [-0.2, -0.15) is 0 Å². The molecule has 1 aromatic rings. The number of rotatable bonds is 4. The van der Waals surface area contributed by atoms with Crippen LogP contribution >= 0.6 is 27.5 Å². The molecule has 1 aromatic carbocycles. The van der Waals surface area contributed by atoms with E-state index in [9.17, 15) is 9.59 Å². The van der Waals surface area contributed by atoms with Gasteiger partial charge in [0.05, 0.1) is 5.02 Å². The Hall–Kier alpha value is -1.07. The lowest BCUT2D eigenvalue weighted by Crippen LogP contribution is -2.41. The van der Waals surface area contributed by atoms with E-state index in [0.717, 1.165) is 0 Å². The van der Waals surface area contributed by atoms with E-state index in [1.54, 1.807) is 25.1 Å². The van der Waals surface area contributed by atoms with E-state index in [4.69, 9.17) is 16.7 Å². The molecule has 98 valence electrons. The van der Waals surface area contributed by atoms with E-state index >= 15 is 0 Å². The number of likely N-dealkylation sites (N-methyl/N-ethyl adjacent to an activating group) is 1. The number of nitrogens with zero attached hydrogens (tertiary/aromatic N) is 1. The zero-order valence-corrected chi connectivity index (χ0v) is 12.3. The van der Waals surface area contributed by atoms with E-state index in [0.29, 0.717) is 21.5 Å². The van der Waals surface area contributed by atoms with Crippen molar-refractivity contribution in [1.29, 1.82) is 0 Å². The number of carbonyl (C=O) groups excluding carboxylic acids is 1. The first-order valence-corrected chi connectivity index (χ1v) is 6.50. The molecule has 0 saturated heterocycles. The molecule has 1 unspecified atom stereocenters. The normalized spacial score (nSPS) is 12.0. The van der Waals surface area contributed by atoms with Gasteiger partial charge in [-0.1, -0.05) is 18.5 Å². The lowest BCUT2D eigenvalue weighted by Gasteiger charge is -2.23. The van der Waals surface area contributed by atoms with Gasteiger partial charge in [-0.15, -0.1) is 0 Å². The zero-order valence-electron chi connectivity index (χ0n) is 9.98. The van der Waals surface area contributed by atoms with Gasteiger partial charge in [-0.25, -0.2) is 4.79 Å². The molecule has 4 nitrogen and oxygen atoms in total. The topological polar surface area (TPSA) is 57.6 Å². The fourth-order valence-corrected chi connectivity index (χ4v) is 2.08. The molecule has 1 atom stereocenters. The highest BCUT2D eigenvalue weighted by Crippen LogP contribution is 2.24. The number of hydrogen-bond acceptors (Lipinski definition) is 2. The first kappa shape index (κ1) is 15.0. The molecule has 1 N–H and O–H groups in total. The molecule has 1 amide bonds. The Labute approximate surface area is 119 Å². The third-order valence-corrected chi connectivity index (χ3v) is 3.84. The van der Waals surface area contributed by atoms with Gasteiger partial charge in [-0.05, 0) is 40.5 Å². The fourth-order valence-electron chi connectivity index (χ4n) is 1.59. The van der Waals surface area contributed by atoms with Crippen LogP contribution in [0.2, 0.25) is 5.02 Å². The lowest BCUT2D eigenvalue weighted by atomic mass is 10.1. The van der Waals surface area contributed by atoms with E-state index in [-0.39, 0.29) is 5.91 Å². The monoisotopic (exact) mass is 333 g/mol. The molecule has 18 heavy (non-hydrogen) atoms. The summed E-state index contributed by atoms with van der Waals surface area (Å²) in [6.07, 6.45) is 0.354. The van der Waals surface area contributed by atoms with E-state index in [2.05, 4.69) is 15.9 Å². The van der Waals surface area contributed by atoms with Crippen molar-refractivity contribution in [3.05, 3.63) is 33.3 Å². The molecule has 0 radical (unpaired) electrons. The van der Waals surface area contributed by atoms with Crippen molar-refractivity contribution >= 4 is 39.4 Å². The van der Waals surface area contributed by atoms with Gasteiger partial charge in [0.25, 0.3) is 5.91 Å². The number of halogens is 2. The van der Waals surface area contributed by atoms with Crippen LogP contribution in [-0.2, 0) is 4.79 Å². The molecular weight excluding hydrogens is 321 g/mol. The Bertz CT molecular complexity index is 478. The molecule has 0 aliphatic heterocycles. The molecule has 0 saturated carbocycles. The molecule has 0 aliphatic rings. The van der Waals surface area contributed by atoms with Gasteiger partial charge in [0, 0.05) is 17.1 Å². The summed E-state index contributed by atoms with van der Waals surface area (Å²) in [6, 6.07) is 3.91. The van der Waals surface area contributed by atoms with Crippen LogP contribution in [-0.4, -0.2) is 35.0 Å². The predicted octanol–water partition coefficient (Wildman–Crippen LogP) is 3.04. The van der Waals surface area contributed by atoms with Crippen molar-refractivity contribution in [2.45, 2.75) is 19.4 Å². The SMILES string of the molecule is CCC(C(=O)O)N(C)C(=O)c1ccc(Cl)c(Br)c1. The second-order valence-electron chi connectivity index (χ2n) is 3.81. The van der Waals surface area contributed by atoms with Crippen LogP contribution in [0.3, 0.4) is 0 Å². The van der Waals surface area contributed by atoms with Crippen LogP contribution in [0.5, 0.6) is 0 Å². The summed E-state index contributed by atoms with van der Waals surface area (Å²) >= 11 is 9.07. The highest BCUT2D eigenvalue weighted by atomic mass is 79.9. The van der Waals surface area contributed by atoms with Gasteiger partial charge in [0.2, 0.25) is 0 Å². The van der Waals surface area contributed by atoms with Crippen molar-refractivity contribution in [2.24, 2.45) is 0 Å². The van der Waals surface area contributed by atoms with Crippen molar-refractivity contribution in [3.8, 4) is 0 Å². The molecule has 0 aromatic heterocycles. The Kier molecular flexibility index (Phi) is 5.16. The summed E-state index contributed by atoms with van der Waals surface area (Å²) < 4.78 is 0.604. The average molecular weight is 335 g/mol. The molecule has 0 fully saturated rings. The van der Waals surface area contributed by atoms with Crippen molar-refractivity contribution in [3.63, 3.8) is 0 Å². The van der Waals surface area contributed by atoms with Crippen LogP contribution in [0, 0.1) is 0 Å². The van der Waals surface area contributed by atoms with Crippen molar-refractivity contribution in [1.82, 2.24) is 4.90 Å². The maximum absolute atomic E-state index is 12.1. The number of carbonyl (C=O) groups is 2. The van der Waals surface area contributed by atoms with Gasteiger partial charge in [0.15, 0.2) is 0 Å². The number of carboxylic acid groups (broad SMARTS) is 1. The maximum Gasteiger partial charge on any atom is 0.326 e. The number of amides is 1. The highest BCUT2D eigenvalue weighted by molar-refractivity contribution is 9.10. The molecule has 1 rings (SSSR count). The summed E-state index contributed by atoms with van der Waals surface area (Å²) in [5.74, 6) is -1.36. The summed E-state index contributed by atoms with van der Waals surface area (Å²) in [5, 5.41) is 9.51. The molecular formula is C12H13BrClNO3. The van der Waals surface area contributed by atoms with Crippen LogP contribution in [0.25, 0.3) is 0 Å². The van der Waals surface area contributed by atoms with Gasteiger partial charge < -0.3 is 10.0 Å². The third-order valence-electron chi connectivity index (χ3n) is 2.63. The second-order valence-corrected chi connectivity index (χ2v) is 5.07. The number of hydrogen-bond donors (Lipinski definition) is 1. The maximum atomic E-state index is 12.1. The third kappa shape index (κ3) is 3.23. The van der Waals surface area contributed by atoms with Crippen LogP contribution in [0.4, 0.5) is 0 Å². The van der Waals surface area contributed by atoms with Crippen molar-refractivity contribution < 1.29 is 14.7 Å². The van der Waals surface area contributed by atoms with Crippen molar-refractivity contribution in [2.75, 3.05) is 7.05 Å². The quantitative estimate of drug-likeness (QED) is 0.921. The molecule has 0 spiro atoms. The Morgan fingerprint density at radius 3 is 2.56 bits per heavy atom. The first-order valence-electron chi connectivity index (χ1n) is 5.33. The molecule has 0 heterocycles. The lowest BCUT2D eigenvalue weighted by molar-refractivity contribution is -0.142. The zero-order chi connectivity index (χ0) is 13.9. The minimum absolute atomic E-state index is 0.346. The molecule has 6 heteroatoms. The Morgan fingerprint density at radius 2 is 2.11 bits per heavy atom. The average Bonchev–Trinajstić information content (AvgIpc) is 2.32. The van der Waals surface area contributed by atoms with E-state index in [1.165, 1.54) is 11.9 Å². The molecule has 0 bridgehead atoms. The number of carboxylic acids is 1. The first-order chi connectivity index (χ1) is 8.38. The minimum atomic E-state index is -1.01. The summed E-state index contributed by atoms with van der Waals surface area (Å²) in [4.78, 5) is 24.3. The number of benzene rings is 1. The second kappa shape index (κ2) is 6.20. The smallest absolute Gasteiger partial charge is 0.326 e. The van der Waals surface area contributed by atoms with Gasteiger partial charge in [0.1, 0.15) is 6.04 Å². The number of aliphatic carboxylic acids is 1. The standard InChI is InChI=1S/C12H13BrClNO3/c1-3-10(12(17)18)15(2)11(16)7-4-5-9(14)8(13)6-7/h4-6,10H,3H2,1-2H3,(H,17,18). The van der Waals surface area contributed by atoms with Crippen LogP contribution in [0.15, 0.2) is 22.7 Å². The Morgan fingerprint density at radius 1 is 1.50 bits per heavy atom. The fraction of sp³-hybridized carbons (Fsp3) is 0.333. The summed E-state index contributed by atoms with van der Waals surface area (Å²) in [7, 11) is 1.48. The van der Waals surface area contributed by atoms with Crippen LogP contribution in [0.1, 0.15) is 23.7 Å². The molecule has 0 aliphatic carbocycles.